The van der Waals surface area contributed by atoms with Gasteiger partial charge in [0.2, 0.25) is 0 Å². The highest BCUT2D eigenvalue weighted by molar-refractivity contribution is 5.01. The second-order valence-corrected chi connectivity index (χ2v) is 5.98. The minimum absolute atomic E-state index is 0.235. The van der Waals surface area contributed by atoms with Gasteiger partial charge in [0.05, 0.1) is 0 Å². The van der Waals surface area contributed by atoms with Crippen LogP contribution in [-0.4, -0.2) is 68.3 Å². The lowest BCUT2D eigenvalue weighted by Crippen LogP contribution is -2.60. The average Bonchev–Trinajstić information content (AvgIpc) is 2.85. The van der Waals surface area contributed by atoms with Gasteiger partial charge < -0.3 is 15.4 Å². The summed E-state index contributed by atoms with van der Waals surface area (Å²) >= 11 is 0. The predicted octanol–water partition coefficient (Wildman–Crippen LogP) is 0.910. The largest absolute Gasteiger partial charge is 0.385 e. The van der Waals surface area contributed by atoms with Gasteiger partial charge in [-0.3, -0.25) is 4.90 Å². The highest BCUT2D eigenvalue weighted by Crippen LogP contribution is 2.35. The summed E-state index contributed by atoms with van der Waals surface area (Å²) in [6.45, 7) is 5.27. The van der Waals surface area contributed by atoms with Gasteiger partial charge in [0, 0.05) is 44.9 Å². The number of fused-ring (bicyclic) bond motifs is 1. The molecule has 2 unspecified atom stereocenters. The maximum Gasteiger partial charge on any atom is 0.0474 e. The maximum absolute atomic E-state index is 6.13. The maximum atomic E-state index is 6.13. The zero-order chi connectivity index (χ0) is 13.0. The Bertz CT molecular complexity index is 261. The number of hydrogen-bond donors (Lipinski definition) is 1. The lowest BCUT2D eigenvalue weighted by molar-refractivity contribution is 0.0224. The van der Waals surface area contributed by atoms with Crippen molar-refractivity contribution >= 4 is 0 Å². The molecule has 2 heterocycles. The smallest absolute Gasteiger partial charge is 0.0474 e. The van der Waals surface area contributed by atoms with Gasteiger partial charge in [-0.2, -0.15) is 0 Å². The molecule has 2 aliphatic heterocycles. The molecule has 2 saturated heterocycles. The number of piperidine rings is 1. The minimum Gasteiger partial charge on any atom is -0.385 e. The molecule has 18 heavy (non-hydrogen) atoms. The van der Waals surface area contributed by atoms with Crippen LogP contribution in [0.25, 0.3) is 0 Å². The predicted molar refractivity (Wildman–Crippen MR) is 74.7 cm³/mol. The zero-order valence-corrected chi connectivity index (χ0v) is 12.0. The summed E-state index contributed by atoms with van der Waals surface area (Å²) < 4.78 is 5.15. The van der Waals surface area contributed by atoms with Crippen LogP contribution < -0.4 is 5.73 Å². The van der Waals surface area contributed by atoms with E-state index in [4.69, 9.17) is 10.5 Å². The van der Waals surface area contributed by atoms with Gasteiger partial charge in [0.15, 0.2) is 0 Å². The van der Waals surface area contributed by atoms with Crippen molar-refractivity contribution in [1.29, 1.82) is 0 Å². The van der Waals surface area contributed by atoms with E-state index >= 15 is 0 Å². The number of nitrogens with two attached hydrogens (primary N) is 1. The molecule has 0 radical (unpaired) electrons. The molecule has 2 aliphatic rings. The highest BCUT2D eigenvalue weighted by Gasteiger charge is 2.42. The van der Waals surface area contributed by atoms with E-state index in [1.165, 1.54) is 38.8 Å². The first-order chi connectivity index (χ1) is 8.72. The number of ether oxygens (including phenoxy) is 1. The molecule has 2 atom stereocenters. The fourth-order valence-electron chi connectivity index (χ4n) is 3.68. The monoisotopic (exact) mass is 255 g/mol. The van der Waals surface area contributed by atoms with Gasteiger partial charge in [-0.1, -0.05) is 0 Å². The van der Waals surface area contributed by atoms with Crippen molar-refractivity contribution in [3.05, 3.63) is 0 Å². The molecule has 0 spiro atoms. The van der Waals surface area contributed by atoms with Crippen LogP contribution in [0.4, 0.5) is 0 Å². The molecule has 2 rings (SSSR count). The van der Waals surface area contributed by atoms with E-state index in [0.717, 1.165) is 32.2 Å². The van der Waals surface area contributed by atoms with Crippen LogP contribution in [0.2, 0.25) is 0 Å². The second-order valence-electron chi connectivity index (χ2n) is 5.98. The first-order valence-electron chi connectivity index (χ1n) is 7.36. The molecule has 0 aromatic carbocycles. The Morgan fingerprint density at radius 3 is 3.00 bits per heavy atom. The highest BCUT2D eigenvalue weighted by atomic mass is 16.5. The number of rotatable bonds is 6. The summed E-state index contributed by atoms with van der Waals surface area (Å²) in [5.41, 5.74) is 6.37. The average molecular weight is 255 g/mol. The fraction of sp³-hybridized carbons (Fsp3) is 1.00. The van der Waals surface area contributed by atoms with Gasteiger partial charge in [0.1, 0.15) is 0 Å². The van der Waals surface area contributed by atoms with Crippen LogP contribution in [-0.2, 0) is 4.74 Å². The SMILES string of the molecule is COCCCN(C)C1(CN)CCN2CCCC2C1. The van der Waals surface area contributed by atoms with Crippen LogP contribution in [0.3, 0.4) is 0 Å². The summed E-state index contributed by atoms with van der Waals surface area (Å²) in [5, 5.41) is 0. The van der Waals surface area contributed by atoms with Crippen LogP contribution in [0.1, 0.15) is 32.1 Å². The summed E-state index contributed by atoms with van der Waals surface area (Å²) in [5.74, 6) is 0. The molecule has 0 aromatic heterocycles. The summed E-state index contributed by atoms with van der Waals surface area (Å²) in [6.07, 6.45) is 6.33. The number of methoxy groups -OCH3 is 1. The van der Waals surface area contributed by atoms with Crippen LogP contribution in [0.5, 0.6) is 0 Å². The first-order valence-corrected chi connectivity index (χ1v) is 7.36. The van der Waals surface area contributed by atoms with Crippen LogP contribution >= 0.6 is 0 Å². The Kier molecular flexibility index (Phi) is 5.01. The number of nitrogens with zero attached hydrogens (tertiary/aromatic N) is 2. The van der Waals surface area contributed by atoms with Gasteiger partial charge in [-0.15, -0.1) is 0 Å². The van der Waals surface area contributed by atoms with E-state index in [1.807, 2.05) is 0 Å². The molecule has 0 amide bonds. The standard InChI is InChI=1S/C14H29N3O/c1-16(7-4-10-18-2)14(12-15)6-9-17-8-3-5-13(17)11-14/h13H,3-12,15H2,1-2H3. The van der Waals surface area contributed by atoms with Crippen molar-refractivity contribution < 1.29 is 4.74 Å². The van der Waals surface area contributed by atoms with E-state index in [-0.39, 0.29) is 5.54 Å². The van der Waals surface area contributed by atoms with Crippen molar-refractivity contribution in [3.8, 4) is 0 Å². The van der Waals surface area contributed by atoms with Crippen LogP contribution in [0.15, 0.2) is 0 Å². The molecule has 2 fully saturated rings. The van der Waals surface area contributed by atoms with Crippen molar-refractivity contribution in [1.82, 2.24) is 9.80 Å². The van der Waals surface area contributed by atoms with Crippen molar-refractivity contribution in [2.24, 2.45) is 5.73 Å². The fourth-order valence-corrected chi connectivity index (χ4v) is 3.68. The third kappa shape index (κ3) is 2.87. The van der Waals surface area contributed by atoms with E-state index in [2.05, 4.69) is 16.8 Å². The minimum atomic E-state index is 0.235. The van der Waals surface area contributed by atoms with E-state index < -0.39 is 0 Å². The molecular weight excluding hydrogens is 226 g/mol. The lowest BCUT2D eigenvalue weighted by atomic mass is 9.82. The third-order valence-corrected chi connectivity index (χ3v) is 5.01. The topological polar surface area (TPSA) is 41.7 Å². The number of likely N-dealkylation sites (N-methyl/N-ethyl adjacent to an activating group) is 1. The molecule has 4 nitrogen and oxygen atoms in total. The molecule has 106 valence electrons. The summed E-state index contributed by atoms with van der Waals surface area (Å²) in [6, 6.07) is 0.784. The van der Waals surface area contributed by atoms with Crippen molar-refractivity contribution in [3.63, 3.8) is 0 Å². The van der Waals surface area contributed by atoms with E-state index in [0.29, 0.717) is 0 Å². The third-order valence-electron chi connectivity index (χ3n) is 5.01. The molecule has 4 heteroatoms. The Morgan fingerprint density at radius 2 is 2.28 bits per heavy atom. The Hall–Kier alpha value is -0.160. The summed E-state index contributed by atoms with van der Waals surface area (Å²) in [4.78, 5) is 5.17. The Labute approximate surface area is 111 Å². The Morgan fingerprint density at radius 1 is 1.44 bits per heavy atom. The molecule has 0 bridgehead atoms. The number of hydrogen-bond acceptors (Lipinski definition) is 4. The van der Waals surface area contributed by atoms with Gasteiger partial charge in [-0.25, -0.2) is 0 Å². The molecule has 0 saturated carbocycles. The zero-order valence-electron chi connectivity index (χ0n) is 12.0. The van der Waals surface area contributed by atoms with E-state index in [9.17, 15) is 0 Å². The lowest BCUT2D eigenvalue weighted by Gasteiger charge is -2.49. The molecule has 0 aromatic rings. The van der Waals surface area contributed by atoms with Crippen molar-refractivity contribution in [2.75, 3.05) is 46.9 Å². The van der Waals surface area contributed by atoms with Crippen molar-refractivity contribution in [2.45, 2.75) is 43.7 Å². The summed E-state index contributed by atoms with van der Waals surface area (Å²) in [7, 11) is 4.02. The Balaban J connectivity index is 1.92. The first kappa shape index (κ1) is 14.3. The van der Waals surface area contributed by atoms with Gasteiger partial charge >= 0.3 is 0 Å². The van der Waals surface area contributed by atoms with Gasteiger partial charge in [0.25, 0.3) is 0 Å². The molecule has 2 N–H and O–H groups in total. The quantitative estimate of drug-likeness (QED) is 0.716. The molecular formula is C14H29N3O. The van der Waals surface area contributed by atoms with Gasteiger partial charge in [-0.05, 0) is 45.7 Å². The van der Waals surface area contributed by atoms with E-state index in [1.54, 1.807) is 7.11 Å². The second kappa shape index (κ2) is 6.33. The normalized spacial score (nSPS) is 33.0. The van der Waals surface area contributed by atoms with Crippen LogP contribution in [0, 0.1) is 0 Å². The molecule has 0 aliphatic carbocycles.